The number of aliphatic imine (C=N–C) groups is 2. The number of piperidine rings is 1. The predicted molar refractivity (Wildman–Crippen MR) is 169 cm³/mol. The van der Waals surface area contributed by atoms with E-state index in [4.69, 9.17) is 4.98 Å². The van der Waals surface area contributed by atoms with Crippen molar-refractivity contribution in [3.8, 4) is 0 Å². The van der Waals surface area contributed by atoms with E-state index in [1.807, 2.05) is 47.6 Å². The topological polar surface area (TPSA) is 65.8 Å². The van der Waals surface area contributed by atoms with E-state index in [2.05, 4.69) is 56.9 Å². The van der Waals surface area contributed by atoms with Gasteiger partial charge >= 0.3 is 0 Å². The second-order valence-electron chi connectivity index (χ2n) is 9.99. The molecule has 0 spiro atoms. The van der Waals surface area contributed by atoms with Crippen molar-refractivity contribution < 1.29 is 4.39 Å². The van der Waals surface area contributed by atoms with Gasteiger partial charge in [0.15, 0.2) is 5.82 Å². The number of rotatable bonds is 7. The van der Waals surface area contributed by atoms with Gasteiger partial charge in [-0.1, -0.05) is 45.5 Å². The van der Waals surface area contributed by atoms with E-state index in [9.17, 15) is 0 Å². The van der Waals surface area contributed by atoms with Gasteiger partial charge in [0.25, 0.3) is 0 Å². The number of hydrogen-bond acceptors (Lipinski definition) is 6. The lowest BCUT2D eigenvalue weighted by molar-refractivity contribution is 0.441. The Bertz CT molecular complexity index is 1480. The number of benzene rings is 2. The minimum atomic E-state index is -0.310. The lowest BCUT2D eigenvalue weighted by Crippen LogP contribution is -2.39. The molecule has 1 aliphatic heterocycles. The minimum Gasteiger partial charge on any atom is -0.341 e. The Morgan fingerprint density at radius 3 is 2.65 bits per heavy atom. The third-order valence-electron chi connectivity index (χ3n) is 6.96. The molecule has 0 radical (unpaired) electrons. The van der Waals surface area contributed by atoms with Gasteiger partial charge in [-0.25, -0.2) is 19.4 Å². The van der Waals surface area contributed by atoms with Crippen LogP contribution in [0.4, 0.5) is 21.7 Å². The quantitative estimate of drug-likeness (QED) is 0.347. The van der Waals surface area contributed by atoms with E-state index in [1.54, 1.807) is 24.7 Å². The molecule has 0 bridgehead atoms. The first kappa shape index (κ1) is 30.7. The third-order valence-corrected chi connectivity index (χ3v) is 6.96. The van der Waals surface area contributed by atoms with Gasteiger partial charge in [-0.05, 0) is 87.3 Å². The molecular weight excluding hydrogens is 499 g/mol. The fourth-order valence-electron chi connectivity index (χ4n) is 4.81. The van der Waals surface area contributed by atoms with Gasteiger partial charge in [0.2, 0.25) is 5.95 Å². The van der Waals surface area contributed by atoms with Crippen molar-refractivity contribution in [3.63, 3.8) is 0 Å². The fraction of sp³-hybridized carbons (Fsp3) is 0.394. The summed E-state index contributed by atoms with van der Waals surface area (Å²) < 4.78 is 15.7. The molecule has 40 heavy (non-hydrogen) atoms. The largest absolute Gasteiger partial charge is 0.341 e. The highest BCUT2D eigenvalue weighted by molar-refractivity contribution is 5.71. The lowest BCUT2D eigenvalue weighted by atomic mass is 9.98. The Kier molecular flexibility index (Phi) is 11.1. The highest BCUT2D eigenvalue weighted by atomic mass is 19.1. The average molecular weight is 543 g/mol. The summed E-state index contributed by atoms with van der Waals surface area (Å²) in [4.78, 5) is 20.5. The molecule has 1 saturated heterocycles. The van der Waals surface area contributed by atoms with Gasteiger partial charge in [-0.15, -0.1) is 0 Å². The lowest BCUT2D eigenvalue weighted by Gasteiger charge is -2.30. The summed E-state index contributed by atoms with van der Waals surface area (Å²) >= 11 is 0. The molecule has 1 atom stereocenters. The highest BCUT2D eigenvalue weighted by Crippen LogP contribution is 2.27. The number of nitrogens with one attached hydrogen (secondary N) is 1. The maximum absolute atomic E-state index is 15.7. The zero-order valence-electron chi connectivity index (χ0n) is 25.1. The molecule has 1 aliphatic rings. The van der Waals surface area contributed by atoms with E-state index in [1.165, 1.54) is 6.42 Å². The fourth-order valence-corrected chi connectivity index (χ4v) is 4.81. The van der Waals surface area contributed by atoms with Crippen LogP contribution in [0.1, 0.15) is 69.7 Å². The molecule has 7 heteroatoms. The van der Waals surface area contributed by atoms with Crippen LogP contribution in [0, 0.1) is 25.6 Å². The van der Waals surface area contributed by atoms with Crippen LogP contribution < -0.4 is 20.8 Å². The molecule has 1 unspecified atom stereocenters. The Labute approximate surface area is 238 Å². The number of anilines is 2. The van der Waals surface area contributed by atoms with Crippen molar-refractivity contribution in [1.29, 1.82) is 0 Å². The summed E-state index contributed by atoms with van der Waals surface area (Å²) in [5, 5.41) is 4.38. The molecule has 1 N–H and O–H groups in total. The summed E-state index contributed by atoms with van der Waals surface area (Å²) in [5.41, 5.74) is 5.00. The zero-order chi connectivity index (χ0) is 29.2. The molecule has 2 aromatic carbocycles. The highest BCUT2D eigenvalue weighted by Gasteiger charge is 2.19. The van der Waals surface area contributed by atoms with Crippen LogP contribution in [0.2, 0.25) is 0 Å². The van der Waals surface area contributed by atoms with Gasteiger partial charge in [-0.3, -0.25) is 4.99 Å². The van der Waals surface area contributed by atoms with E-state index >= 15 is 4.39 Å². The SMILES string of the molecule is C=c1cnc(N2CCCC(C)C2)n/c1=C(/N=C\C)Nc1ccc(Cc2ccc(C)c(N=CC)c2)c(C)c1F.CC. The summed E-state index contributed by atoms with van der Waals surface area (Å²) in [6.07, 6.45) is 8.11. The van der Waals surface area contributed by atoms with E-state index < -0.39 is 0 Å². The van der Waals surface area contributed by atoms with Crippen molar-refractivity contribution in [3.05, 3.63) is 75.2 Å². The maximum atomic E-state index is 15.7. The van der Waals surface area contributed by atoms with E-state index in [0.29, 0.717) is 45.9 Å². The van der Waals surface area contributed by atoms with Gasteiger partial charge in [0.05, 0.1) is 11.4 Å². The molecule has 4 rings (SSSR count). The Balaban J connectivity index is 0.00000216. The summed E-state index contributed by atoms with van der Waals surface area (Å²) in [7, 11) is 0. The normalized spacial score (nSPS) is 16.2. The Morgan fingerprint density at radius 2 is 1.95 bits per heavy atom. The first-order chi connectivity index (χ1) is 19.3. The van der Waals surface area contributed by atoms with Crippen LogP contribution in [0.5, 0.6) is 0 Å². The standard InChI is InChI=1S/C31H37FN6.C2H6/c1-7-33-27-17-24(12-11-21(27)4)16-25-13-14-26(28(32)23(25)6)36-30(34-8-2)29-22(5)18-35-31(37-29)38-15-9-10-20(3)19-38;1-2/h7-8,11-14,17-18,20,36H,5,9-10,15-16,19H2,1-4,6H3;1-2H3/b30-29-,33-7?,34-8-;. The van der Waals surface area contributed by atoms with Crippen LogP contribution in [0.3, 0.4) is 0 Å². The number of aromatic nitrogens is 2. The molecule has 0 saturated carbocycles. The van der Waals surface area contributed by atoms with Crippen LogP contribution >= 0.6 is 0 Å². The number of halogens is 1. The molecule has 0 amide bonds. The van der Waals surface area contributed by atoms with Crippen molar-refractivity contribution in [2.75, 3.05) is 23.3 Å². The van der Waals surface area contributed by atoms with Crippen molar-refractivity contribution in [2.24, 2.45) is 15.9 Å². The molecule has 212 valence electrons. The molecule has 1 fully saturated rings. The average Bonchev–Trinajstić information content (AvgIpc) is 2.95. The summed E-state index contributed by atoms with van der Waals surface area (Å²) in [5.74, 6) is 1.38. The second-order valence-corrected chi connectivity index (χ2v) is 9.99. The van der Waals surface area contributed by atoms with E-state index in [-0.39, 0.29) is 5.82 Å². The molecule has 0 aliphatic carbocycles. The Morgan fingerprint density at radius 1 is 1.18 bits per heavy atom. The molecule has 6 nitrogen and oxygen atoms in total. The first-order valence-electron chi connectivity index (χ1n) is 14.2. The first-order valence-corrected chi connectivity index (χ1v) is 14.2. The van der Waals surface area contributed by atoms with Gasteiger partial charge in [0.1, 0.15) is 11.2 Å². The monoisotopic (exact) mass is 542 g/mol. The third kappa shape index (κ3) is 7.40. The smallest absolute Gasteiger partial charge is 0.226 e. The van der Waals surface area contributed by atoms with E-state index in [0.717, 1.165) is 41.9 Å². The van der Waals surface area contributed by atoms with Crippen LogP contribution in [-0.2, 0) is 6.42 Å². The van der Waals surface area contributed by atoms with Gasteiger partial charge in [-0.2, -0.15) is 0 Å². The maximum Gasteiger partial charge on any atom is 0.226 e. The molecular formula is C33H43FN6. The Hall–Kier alpha value is -3.87. The molecule has 1 aromatic heterocycles. The minimum absolute atomic E-state index is 0.310. The molecule has 2 heterocycles. The zero-order valence-corrected chi connectivity index (χ0v) is 25.1. The van der Waals surface area contributed by atoms with Gasteiger partial charge < -0.3 is 10.2 Å². The van der Waals surface area contributed by atoms with Gasteiger partial charge in [0, 0.05) is 36.9 Å². The summed E-state index contributed by atoms with van der Waals surface area (Å²) in [6.45, 7) is 19.8. The predicted octanol–water partition coefficient (Wildman–Crippen LogP) is 6.49. The van der Waals surface area contributed by atoms with Crippen LogP contribution in [0.25, 0.3) is 12.4 Å². The number of aryl methyl sites for hydroxylation is 1. The number of nitrogens with zero attached hydrogens (tertiary/aromatic N) is 5. The summed E-state index contributed by atoms with van der Waals surface area (Å²) in [6, 6.07) is 9.91. The van der Waals surface area contributed by atoms with Crippen LogP contribution in [-0.4, -0.2) is 35.5 Å². The van der Waals surface area contributed by atoms with Crippen molar-refractivity contribution >= 4 is 42.2 Å². The second kappa shape index (κ2) is 14.5. The van der Waals surface area contributed by atoms with Crippen molar-refractivity contribution in [2.45, 2.75) is 67.7 Å². The van der Waals surface area contributed by atoms with Crippen molar-refractivity contribution in [1.82, 2.24) is 9.97 Å². The number of hydrogen-bond donors (Lipinski definition) is 1. The van der Waals surface area contributed by atoms with Crippen LogP contribution in [0.15, 0.2) is 46.5 Å². The molecule has 3 aromatic rings.